The second-order valence-electron chi connectivity index (χ2n) is 3.91. The van der Waals surface area contributed by atoms with Crippen LogP contribution < -0.4 is 5.32 Å². The smallest absolute Gasteiger partial charge is 0.237 e. The van der Waals surface area contributed by atoms with Gasteiger partial charge < -0.3 is 5.32 Å². The minimum Gasteiger partial charge on any atom is -0.347 e. The van der Waals surface area contributed by atoms with E-state index in [2.05, 4.69) is 20.5 Å². The van der Waals surface area contributed by atoms with Crippen molar-refractivity contribution >= 4 is 5.91 Å². The predicted molar refractivity (Wildman–Crippen MR) is 60.8 cm³/mol. The maximum Gasteiger partial charge on any atom is 0.237 e. The molecule has 0 aliphatic carbocycles. The highest BCUT2D eigenvalue weighted by atomic mass is 16.2. The second kappa shape index (κ2) is 5.60. The lowest BCUT2D eigenvalue weighted by Gasteiger charge is -2.18. The van der Waals surface area contributed by atoms with Crippen molar-refractivity contribution < 1.29 is 4.79 Å². The van der Waals surface area contributed by atoms with E-state index in [0.717, 1.165) is 12.2 Å². The minimum atomic E-state index is -0.145. The zero-order chi connectivity index (χ0) is 12.1. The summed E-state index contributed by atoms with van der Waals surface area (Å²) < 4.78 is 0. The molecule has 0 spiro atoms. The molecule has 1 aromatic rings. The molecule has 0 bridgehead atoms. The summed E-state index contributed by atoms with van der Waals surface area (Å²) in [6, 6.07) is -0.145. The first-order valence-corrected chi connectivity index (χ1v) is 5.38. The predicted octanol–water partition coefficient (Wildman–Crippen LogP) is -0.0666. The van der Waals surface area contributed by atoms with Crippen LogP contribution in [-0.4, -0.2) is 46.1 Å². The number of carbonyl (C=O) groups is 1. The van der Waals surface area contributed by atoms with Crippen LogP contribution in [0.2, 0.25) is 0 Å². The second-order valence-corrected chi connectivity index (χ2v) is 3.91. The molecule has 90 valence electrons. The molecule has 1 heterocycles. The van der Waals surface area contributed by atoms with Gasteiger partial charge in [0.1, 0.15) is 5.82 Å². The molecule has 0 unspecified atom stereocenters. The van der Waals surface area contributed by atoms with Gasteiger partial charge in [-0.15, -0.1) is 0 Å². The Morgan fingerprint density at radius 2 is 2.25 bits per heavy atom. The molecule has 16 heavy (non-hydrogen) atoms. The highest BCUT2D eigenvalue weighted by Crippen LogP contribution is 1.95. The van der Waals surface area contributed by atoms with Crippen molar-refractivity contribution in [3.8, 4) is 0 Å². The average molecular weight is 225 g/mol. The number of aromatic nitrogens is 3. The molecule has 1 aromatic heterocycles. The highest BCUT2D eigenvalue weighted by molar-refractivity contribution is 5.81. The summed E-state index contributed by atoms with van der Waals surface area (Å²) in [7, 11) is 3.74. The molecule has 1 amide bonds. The summed E-state index contributed by atoms with van der Waals surface area (Å²) in [5.41, 5.74) is 0. The number of nitrogens with one attached hydrogen (secondary N) is 2. The van der Waals surface area contributed by atoms with Crippen LogP contribution in [-0.2, 0) is 17.8 Å². The Bertz CT molecular complexity index is 347. The van der Waals surface area contributed by atoms with Gasteiger partial charge in [0, 0.05) is 6.42 Å². The third-order valence-corrected chi connectivity index (χ3v) is 2.48. The lowest BCUT2D eigenvalue weighted by molar-refractivity contribution is -0.125. The van der Waals surface area contributed by atoms with Crippen molar-refractivity contribution in [1.82, 2.24) is 25.4 Å². The highest BCUT2D eigenvalue weighted by Gasteiger charge is 2.14. The lowest BCUT2D eigenvalue weighted by atomic mass is 10.3. The van der Waals surface area contributed by atoms with Crippen molar-refractivity contribution in [1.29, 1.82) is 0 Å². The van der Waals surface area contributed by atoms with Crippen LogP contribution in [0.1, 0.15) is 25.5 Å². The summed E-state index contributed by atoms with van der Waals surface area (Å²) in [6.45, 7) is 4.23. The summed E-state index contributed by atoms with van der Waals surface area (Å²) in [4.78, 5) is 17.7. The van der Waals surface area contributed by atoms with Gasteiger partial charge in [0.25, 0.3) is 0 Å². The van der Waals surface area contributed by atoms with E-state index in [9.17, 15) is 4.79 Å². The summed E-state index contributed by atoms with van der Waals surface area (Å²) >= 11 is 0. The standard InChI is InChI=1S/C10H19N5O/c1-5-8-12-9(14-13-8)6-11-10(16)7(2)15(3)4/h7H,5-6H2,1-4H3,(H,11,16)(H,12,13,14)/t7-/m1/s1. The number of H-pyrrole nitrogens is 1. The summed E-state index contributed by atoms with van der Waals surface area (Å²) in [6.07, 6.45) is 0.790. The van der Waals surface area contributed by atoms with Crippen LogP contribution in [0.5, 0.6) is 0 Å². The lowest BCUT2D eigenvalue weighted by Crippen LogP contribution is -2.41. The number of nitrogens with zero attached hydrogens (tertiary/aromatic N) is 3. The molecule has 1 atom stereocenters. The third kappa shape index (κ3) is 3.30. The van der Waals surface area contributed by atoms with E-state index in [1.165, 1.54) is 0 Å². The van der Waals surface area contributed by atoms with Gasteiger partial charge in [-0.05, 0) is 21.0 Å². The largest absolute Gasteiger partial charge is 0.347 e. The van der Waals surface area contributed by atoms with E-state index in [1.807, 2.05) is 32.8 Å². The fraction of sp³-hybridized carbons (Fsp3) is 0.700. The van der Waals surface area contributed by atoms with Gasteiger partial charge in [-0.2, -0.15) is 5.10 Å². The summed E-state index contributed by atoms with van der Waals surface area (Å²) in [5, 5.41) is 9.59. The van der Waals surface area contributed by atoms with Crippen LogP contribution in [0.25, 0.3) is 0 Å². The number of aromatic amines is 1. The number of hydrogen-bond donors (Lipinski definition) is 2. The minimum absolute atomic E-state index is 0.0144. The van der Waals surface area contributed by atoms with Crippen LogP contribution in [0.15, 0.2) is 0 Å². The first kappa shape index (κ1) is 12.6. The van der Waals surface area contributed by atoms with Gasteiger partial charge in [0.05, 0.1) is 12.6 Å². The van der Waals surface area contributed by atoms with Crippen molar-refractivity contribution in [2.24, 2.45) is 0 Å². The molecule has 6 nitrogen and oxygen atoms in total. The van der Waals surface area contributed by atoms with Crippen molar-refractivity contribution in [2.45, 2.75) is 32.9 Å². The van der Waals surface area contributed by atoms with Crippen LogP contribution >= 0.6 is 0 Å². The van der Waals surface area contributed by atoms with Crippen molar-refractivity contribution in [2.75, 3.05) is 14.1 Å². The Labute approximate surface area is 95.4 Å². The monoisotopic (exact) mass is 225 g/mol. The molecule has 0 fully saturated rings. The van der Waals surface area contributed by atoms with Crippen molar-refractivity contribution in [3.05, 3.63) is 11.6 Å². The van der Waals surface area contributed by atoms with Crippen LogP contribution in [0.4, 0.5) is 0 Å². The maximum atomic E-state index is 11.6. The Morgan fingerprint density at radius 3 is 2.75 bits per heavy atom. The first-order valence-electron chi connectivity index (χ1n) is 5.38. The van der Waals surface area contributed by atoms with E-state index >= 15 is 0 Å². The molecular weight excluding hydrogens is 206 g/mol. The van der Waals surface area contributed by atoms with Gasteiger partial charge in [0.15, 0.2) is 5.82 Å². The molecule has 0 saturated heterocycles. The van der Waals surface area contributed by atoms with Gasteiger partial charge in [-0.3, -0.25) is 14.8 Å². The SMILES string of the molecule is CCc1n[nH]c(CNC(=O)[C@@H](C)N(C)C)n1. The molecule has 0 radical (unpaired) electrons. The number of aryl methyl sites for hydroxylation is 1. The number of likely N-dealkylation sites (N-methyl/N-ethyl adjacent to an activating group) is 1. The number of hydrogen-bond acceptors (Lipinski definition) is 4. The Balaban J connectivity index is 2.42. The van der Waals surface area contributed by atoms with Gasteiger partial charge >= 0.3 is 0 Å². The first-order chi connectivity index (χ1) is 7.54. The zero-order valence-corrected chi connectivity index (χ0v) is 10.2. The van der Waals surface area contributed by atoms with E-state index in [1.54, 1.807) is 0 Å². The molecule has 0 aliphatic heterocycles. The van der Waals surface area contributed by atoms with Crippen LogP contribution in [0.3, 0.4) is 0 Å². The van der Waals surface area contributed by atoms with Crippen LogP contribution in [0, 0.1) is 0 Å². The topological polar surface area (TPSA) is 73.9 Å². The van der Waals surface area contributed by atoms with E-state index in [0.29, 0.717) is 12.4 Å². The van der Waals surface area contributed by atoms with Gasteiger partial charge in [0.2, 0.25) is 5.91 Å². The molecule has 1 rings (SSSR count). The van der Waals surface area contributed by atoms with E-state index in [-0.39, 0.29) is 11.9 Å². The quantitative estimate of drug-likeness (QED) is 0.736. The van der Waals surface area contributed by atoms with E-state index < -0.39 is 0 Å². The maximum absolute atomic E-state index is 11.6. The molecule has 0 aromatic carbocycles. The Kier molecular flexibility index (Phi) is 4.42. The Morgan fingerprint density at radius 1 is 1.56 bits per heavy atom. The third-order valence-electron chi connectivity index (χ3n) is 2.48. The normalized spacial score (nSPS) is 12.8. The number of rotatable bonds is 5. The van der Waals surface area contributed by atoms with Gasteiger partial charge in [-0.1, -0.05) is 6.92 Å². The number of amides is 1. The van der Waals surface area contributed by atoms with Crippen molar-refractivity contribution in [3.63, 3.8) is 0 Å². The molecule has 0 aliphatic rings. The molecular formula is C10H19N5O. The number of carbonyl (C=O) groups excluding carboxylic acids is 1. The molecule has 0 saturated carbocycles. The summed E-state index contributed by atoms with van der Waals surface area (Å²) in [5.74, 6) is 1.44. The average Bonchev–Trinajstić information content (AvgIpc) is 2.72. The Hall–Kier alpha value is -1.43. The molecule has 2 N–H and O–H groups in total. The fourth-order valence-corrected chi connectivity index (χ4v) is 1.13. The van der Waals surface area contributed by atoms with Gasteiger partial charge in [-0.25, -0.2) is 4.98 Å². The van der Waals surface area contributed by atoms with E-state index in [4.69, 9.17) is 0 Å². The molecule has 6 heteroatoms. The zero-order valence-electron chi connectivity index (χ0n) is 10.2. The fourth-order valence-electron chi connectivity index (χ4n) is 1.13.